The third-order valence-corrected chi connectivity index (χ3v) is 4.21. The molecule has 1 N–H and O–H groups in total. The molecule has 6 nitrogen and oxygen atoms in total. The molecule has 0 saturated heterocycles. The first-order valence-corrected chi connectivity index (χ1v) is 9.01. The molecule has 0 spiro atoms. The van der Waals surface area contributed by atoms with Gasteiger partial charge in [0.2, 0.25) is 5.95 Å². The summed E-state index contributed by atoms with van der Waals surface area (Å²) in [6.07, 6.45) is 2.74. The molecule has 3 rings (SSSR count). The Bertz CT molecular complexity index is 891. The molecule has 0 saturated carbocycles. The molecule has 2 aromatic heterocycles. The Hall–Kier alpha value is -2.63. The molecule has 1 aromatic carbocycles. The molecule has 0 amide bonds. The Morgan fingerprint density at radius 1 is 1.08 bits per heavy atom. The van der Waals surface area contributed by atoms with Crippen molar-refractivity contribution in [2.75, 3.05) is 18.0 Å². The number of rotatable bonds is 7. The van der Waals surface area contributed by atoms with E-state index in [1.807, 2.05) is 37.3 Å². The van der Waals surface area contributed by atoms with E-state index in [1.165, 1.54) is 0 Å². The van der Waals surface area contributed by atoms with Crippen LogP contribution >= 0.6 is 0 Å². The molecular formula is C19H25N5O. The van der Waals surface area contributed by atoms with E-state index in [2.05, 4.69) is 23.7 Å². The Balaban J connectivity index is 2.23. The van der Waals surface area contributed by atoms with Crippen LogP contribution in [0.15, 0.2) is 35.1 Å². The van der Waals surface area contributed by atoms with E-state index < -0.39 is 0 Å². The van der Waals surface area contributed by atoms with Gasteiger partial charge in [0, 0.05) is 18.7 Å². The molecule has 2 heterocycles. The Morgan fingerprint density at radius 3 is 2.36 bits per heavy atom. The van der Waals surface area contributed by atoms with E-state index in [4.69, 9.17) is 10.1 Å². The maximum Gasteiger partial charge on any atom is 0.277 e. The lowest BCUT2D eigenvalue weighted by molar-refractivity contribution is 0.704. The van der Waals surface area contributed by atoms with Crippen LogP contribution in [0.1, 0.15) is 39.3 Å². The Kier molecular flexibility index (Phi) is 5.16. The van der Waals surface area contributed by atoms with Crippen LogP contribution in [0.2, 0.25) is 0 Å². The molecule has 0 bridgehead atoms. The SMILES string of the molecule is CCCN(CCC)c1nc(CC)c2c(=O)[nH]c(-c3ccccc3)nn12. The van der Waals surface area contributed by atoms with Gasteiger partial charge < -0.3 is 9.88 Å². The van der Waals surface area contributed by atoms with Crippen molar-refractivity contribution in [3.8, 4) is 11.4 Å². The van der Waals surface area contributed by atoms with Gasteiger partial charge in [0.05, 0.1) is 5.69 Å². The summed E-state index contributed by atoms with van der Waals surface area (Å²) < 4.78 is 1.73. The lowest BCUT2D eigenvalue weighted by Gasteiger charge is -2.21. The number of hydrogen-bond donors (Lipinski definition) is 1. The van der Waals surface area contributed by atoms with Crippen LogP contribution in [0, 0.1) is 0 Å². The third kappa shape index (κ3) is 3.29. The van der Waals surface area contributed by atoms with Gasteiger partial charge in [0.25, 0.3) is 5.56 Å². The molecule has 0 radical (unpaired) electrons. The second-order valence-electron chi connectivity index (χ2n) is 6.13. The van der Waals surface area contributed by atoms with Crippen molar-refractivity contribution < 1.29 is 0 Å². The van der Waals surface area contributed by atoms with Gasteiger partial charge in [-0.2, -0.15) is 4.52 Å². The van der Waals surface area contributed by atoms with Gasteiger partial charge in [0.15, 0.2) is 11.3 Å². The topological polar surface area (TPSA) is 66.3 Å². The molecule has 25 heavy (non-hydrogen) atoms. The Labute approximate surface area is 147 Å². The minimum Gasteiger partial charge on any atom is -0.341 e. The van der Waals surface area contributed by atoms with Gasteiger partial charge in [-0.3, -0.25) is 4.79 Å². The average Bonchev–Trinajstić information content (AvgIpc) is 3.01. The zero-order chi connectivity index (χ0) is 17.8. The molecule has 132 valence electrons. The highest BCUT2D eigenvalue weighted by Gasteiger charge is 2.20. The minimum atomic E-state index is -0.141. The number of benzene rings is 1. The standard InChI is InChI=1S/C19H25N5O/c1-4-12-23(13-5-2)19-20-15(6-3)16-18(25)21-17(22-24(16)19)14-10-8-7-9-11-14/h7-11H,4-6,12-13H2,1-3H3,(H,21,22,25). The quantitative estimate of drug-likeness (QED) is 0.717. The zero-order valence-electron chi connectivity index (χ0n) is 15.1. The molecule has 0 aliphatic carbocycles. The normalized spacial score (nSPS) is 11.2. The van der Waals surface area contributed by atoms with Gasteiger partial charge in [-0.1, -0.05) is 51.1 Å². The van der Waals surface area contributed by atoms with Crippen molar-refractivity contribution >= 4 is 11.5 Å². The van der Waals surface area contributed by atoms with Crippen LogP contribution in [-0.4, -0.2) is 32.7 Å². The number of aryl methyl sites for hydroxylation is 1. The summed E-state index contributed by atoms with van der Waals surface area (Å²) in [5.41, 5.74) is 2.09. The fraction of sp³-hybridized carbons (Fsp3) is 0.421. The van der Waals surface area contributed by atoms with Gasteiger partial charge in [-0.15, -0.1) is 5.10 Å². The van der Waals surface area contributed by atoms with Crippen LogP contribution < -0.4 is 10.5 Å². The molecule has 0 atom stereocenters. The van der Waals surface area contributed by atoms with Gasteiger partial charge in [-0.05, 0) is 19.3 Å². The molecule has 0 fully saturated rings. The highest BCUT2D eigenvalue weighted by molar-refractivity contribution is 5.60. The van der Waals surface area contributed by atoms with Crippen molar-refractivity contribution in [2.45, 2.75) is 40.0 Å². The van der Waals surface area contributed by atoms with Gasteiger partial charge >= 0.3 is 0 Å². The highest BCUT2D eigenvalue weighted by Crippen LogP contribution is 2.20. The van der Waals surface area contributed by atoms with Crippen LogP contribution in [0.25, 0.3) is 16.9 Å². The summed E-state index contributed by atoms with van der Waals surface area (Å²) >= 11 is 0. The fourth-order valence-corrected chi connectivity index (χ4v) is 3.09. The third-order valence-electron chi connectivity index (χ3n) is 4.21. The monoisotopic (exact) mass is 339 g/mol. The van der Waals surface area contributed by atoms with E-state index >= 15 is 0 Å². The number of imidazole rings is 1. The van der Waals surface area contributed by atoms with Gasteiger partial charge in [-0.25, -0.2) is 4.98 Å². The van der Waals surface area contributed by atoms with E-state index in [1.54, 1.807) is 4.52 Å². The number of aromatic amines is 1. The van der Waals surface area contributed by atoms with Crippen molar-refractivity contribution in [1.82, 2.24) is 19.6 Å². The summed E-state index contributed by atoms with van der Waals surface area (Å²) in [6, 6.07) is 9.70. The predicted octanol–water partition coefficient (Wildman–Crippen LogP) is 3.27. The number of nitrogens with zero attached hydrogens (tertiary/aromatic N) is 4. The lowest BCUT2D eigenvalue weighted by atomic mass is 10.2. The number of anilines is 1. The summed E-state index contributed by atoms with van der Waals surface area (Å²) in [4.78, 5) is 22.6. The number of H-pyrrole nitrogens is 1. The average molecular weight is 339 g/mol. The first kappa shape index (κ1) is 17.2. The number of aromatic nitrogens is 4. The number of hydrogen-bond acceptors (Lipinski definition) is 4. The maximum atomic E-state index is 12.7. The summed E-state index contributed by atoms with van der Waals surface area (Å²) in [6.45, 7) is 8.10. The Morgan fingerprint density at radius 2 is 1.76 bits per heavy atom. The fourth-order valence-electron chi connectivity index (χ4n) is 3.09. The lowest BCUT2D eigenvalue weighted by Crippen LogP contribution is -2.28. The van der Waals surface area contributed by atoms with Crippen LogP contribution in [0.5, 0.6) is 0 Å². The number of fused-ring (bicyclic) bond motifs is 1. The molecule has 0 aliphatic rings. The first-order chi connectivity index (χ1) is 12.2. The van der Waals surface area contributed by atoms with E-state index in [9.17, 15) is 4.79 Å². The maximum absolute atomic E-state index is 12.7. The van der Waals surface area contributed by atoms with Crippen LogP contribution in [0.3, 0.4) is 0 Å². The van der Waals surface area contributed by atoms with Crippen molar-refractivity contribution in [3.05, 3.63) is 46.4 Å². The second-order valence-corrected chi connectivity index (χ2v) is 6.13. The zero-order valence-corrected chi connectivity index (χ0v) is 15.1. The van der Waals surface area contributed by atoms with Gasteiger partial charge in [0.1, 0.15) is 0 Å². The molecule has 3 aromatic rings. The summed E-state index contributed by atoms with van der Waals surface area (Å²) in [5, 5.41) is 4.72. The first-order valence-electron chi connectivity index (χ1n) is 9.01. The van der Waals surface area contributed by atoms with Crippen LogP contribution in [0.4, 0.5) is 5.95 Å². The van der Waals surface area contributed by atoms with Crippen molar-refractivity contribution in [3.63, 3.8) is 0 Å². The molecule has 0 aliphatic heterocycles. The molecule has 0 unspecified atom stereocenters. The minimum absolute atomic E-state index is 0.141. The van der Waals surface area contributed by atoms with E-state index in [0.29, 0.717) is 17.8 Å². The predicted molar refractivity (Wildman–Crippen MR) is 101 cm³/mol. The van der Waals surface area contributed by atoms with Crippen molar-refractivity contribution in [2.24, 2.45) is 0 Å². The summed E-state index contributed by atoms with van der Waals surface area (Å²) in [5.74, 6) is 1.33. The smallest absolute Gasteiger partial charge is 0.277 e. The van der Waals surface area contributed by atoms with Crippen molar-refractivity contribution in [1.29, 1.82) is 0 Å². The second kappa shape index (κ2) is 7.51. The van der Waals surface area contributed by atoms with E-state index in [-0.39, 0.29) is 5.56 Å². The molecular weight excluding hydrogens is 314 g/mol. The highest BCUT2D eigenvalue weighted by atomic mass is 16.1. The van der Waals surface area contributed by atoms with Crippen LogP contribution in [-0.2, 0) is 6.42 Å². The number of nitrogens with one attached hydrogen (secondary N) is 1. The largest absolute Gasteiger partial charge is 0.341 e. The summed E-state index contributed by atoms with van der Waals surface area (Å²) in [7, 11) is 0. The van der Waals surface area contributed by atoms with E-state index in [0.717, 1.165) is 43.1 Å². The molecule has 6 heteroatoms.